The molecule has 0 aromatic rings. The van der Waals surface area contributed by atoms with Crippen LogP contribution in [0.1, 0.15) is 246 Å². The van der Waals surface area contributed by atoms with Gasteiger partial charge in [0.25, 0.3) is 0 Å². The first-order chi connectivity index (χ1) is 29.5. The quantitative estimate of drug-likeness (QED) is 0.0282. The zero-order valence-electron chi connectivity index (χ0n) is 42.6. The van der Waals surface area contributed by atoms with E-state index in [4.69, 9.17) is 18.0 Å². The van der Waals surface area contributed by atoms with Gasteiger partial charge in [0, 0.05) is 13.2 Å². The van der Waals surface area contributed by atoms with E-state index < -0.39 is 16.9 Å². The van der Waals surface area contributed by atoms with E-state index in [1.54, 1.807) is 0 Å². The first-order valence-corrected chi connectivity index (χ1v) is 33.0. The van der Waals surface area contributed by atoms with E-state index in [2.05, 4.69) is 58.8 Å². The Hall–Kier alpha value is -0.296. The molecule has 7 nitrogen and oxygen atoms in total. The van der Waals surface area contributed by atoms with Crippen molar-refractivity contribution in [2.75, 3.05) is 39.5 Å². The van der Waals surface area contributed by atoms with Crippen molar-refractivity contribution < 1.29 is 27.9 Å². The van der Waals surface area contributed by atoms with E-state index in [1.807, 2.05) is 0 Å². The van der Waals surface area contributed by atoms with Gasteiger partial charge in [-0.05, 0) is 116 Å². The highest BCUT2D eigenvalue weighted by atomic mass is 28.4. The van der Waals surface area contributed by atoms with Crippen molar-refractivity contribution in [3.05, 3.63) is 0 Å². The summed E-state index contributed by atoms with van der Waals surface area (Å²) in [5, 5.41) is 9.45. The number of carbonyl (C=O) groups excluding carboxylic acids is 1. The van der Waals surface area contributed by atoms with E-state index in [0.717, 1.165) is 96.9 Å². The van der Waals surface area contributed by atoms with Crippen molar-refractivity contribution in [2.45, 2.75) is 285 Å². The number of carbonyl (C=O) groups is 1. The van der Waals surface area contributed by atoms with Crippen LogP contribution < -0.4 is 0 Å². The molecule has 9 heteroatoms. The summed E-state index contributed by atoms with van der Waals surface area (Å²) >= 11 is 0. The van der Waals surface area contributed by atoms with E-state index in [9.17, 15) is 9.90 Å². The van der Waals surface area contributed by atoms with E-state index >= 15 is 0 Å². The molecule has 0 saturated heterocycles. The summed E-state index contributed by atoms with van der Waals surface area (Å²) in [7, 11) is -4.15. The van der Waals surface area contributed by atoms with Crippen LogP contribution in [0.15, 0.2) is 0 Å². The molecule has 0 radical (unpaired) electrons. The molecule has 0 rings (SSSR count). The minimum atomic E-state index is -2.35. The maximum Gasteiger partial charge on any atom is 0.323 e. The predicted octanol–water partition coefficient (Wildman–Crippen LogP) is 16.1. The van der Waals surface area contributed by atoms with Crippen LogP contribution in [0.3, 0.4) is 0 Å². The van der Waals surface area contributed by atoms with Gasteiger partial charge in [-0.15, -0.1) is 0 Å². The van der Waals surface area contributed by atoms with Gasteiger partial charge < -0.3 is 28.0 Å². The largest absolute Gasteiger partial charge is 0.465 e. The molecule has 0 amide bonds. The lowest BCUT2D eigenvalue weighted by Crippen LogP contribution is -2.48. The fourth-order valence-electron chi connectivity index (χ4n) is 8.72. The highest BCUT2D eigenvalue weighted by Gasteiger charge is 2.36. The Labute approximate surface area is 384 Å². The first-order valence-electron chi connectivity index (χ1n) is 27.0. The Kier molecular flexibility index (Phi) is 43.4. The maximum atomic E-state index is 13.1. The zero-order chi connectivity index (χ0) is 45.1. The number of unbranched alkanes of at least 4 members (excludes halogenated alkanes) is 24. The van der Waals surface area contributed by atoms with Crippen LogP contribution in [-0.2, 0) is 22.8 Å². The molecule has 0 bridgehead atoms. The normalized spacial score (nSPS) is 13.3. The van der Waals surface area contributed by atoms with Gasteiger partial charge in [0.05, 0.1) is 12.5 Å². The van der Waals surface area contributed by atoms with Crippen molar-refractivity contribution >= 4 is 22.8 Å². The Morgan fingerprint density at radius 1 is 0.492 bits per heavy atom. The number of aliphatic hydroxyl groups excluding tert-OH is 1. The summed E-state index contributed by atoms with van der Waals surface area (Å²) in [6, 6.07) is 1.21. The summed E-state index contributed by atoms with van der Waals surface area (Å²) in [5.41, 5.74) is 0. The third-order valence-corrected chi connectivity index (χ3v) is 19.0. The van der Waals surface area contributed by atoms with E-state index in [0.29, 0.717) is 6.61 Å². The van der Waals surface area contributed by atoms with E-state index in [1.165, 1.54) is 154 Å². The Balaban J connectivity index is 4.85. The highest BCUT2D eigenvalue weighted by molar-refractivity contribution is 6.82. The highest BCUT2D eigenvalue weighted by Crippen LogP contribution is 2.26. The number of nitrogens with zero attached hydrogens (tertiary/aromatic N) is 1. The van der Waals surface area contributed by atoms with Gasteiger partial charge in [0.1, 0.15) is 6.29 Å². The molecule has 1 N–H and O–H groups in total. The molecule has 61 heavy (non-hydrogen) atoms. The van der Waals surface area contributed by atoms with Gasteiger partial charge in [0.2, 0.25) is 0 Å². The van der Waals surface area contributed by atoms with Crippen LogP contribution >= 0.6 is 0 Å². The van der Waals surface area contributed by atoms with Gasteiger partial charge >= 0.3 is 14.5 Å². The van der Waals surface area contributed by atoms with Gasteiger partial charge in [-0.25, -0.2) is 0 Å². The van der Waals surface area contributed by atoms with Gasteiger partial charge in [-0.3, -0.25) is 4.79 Å². The average Bonchev–Trinajstić information content (AvgIpc) is 3.22. The maximum absolute atomic E-state index is 13.1. The third-order valence-electron chi connectivity index (χ3n) is 12.4. The van der Waals surface area contributed by atoms with Crippen molar-refractivity contribution in [3.63, 3.8) is 0 Å². The standard InChI is InChI=1S/C52H109NO6Si2/c1-9-13-17-21-24-31-41-50(40-30-20-16-12-4)52(55)57-48-38-27-25-33-43-53(45-35-36-46-54)44-34-29-32-42-51(56-47-37-26-22-18-14-10-2)58-61(7,8)59-60(5,6)49-39-28-23-19-15-11-3/h50-51,54H,9-49H2,1-8H3. The minimum Gasteiger partial charge on any atom is -0.465 e. The Bertz CT molecular complexity index is 924. The molecule has 0 saturated carbocycles. The number of aliphatic hydroxyl groups is 1. The molecule has 0 spiro atoms. The van der Waals surface area contributed by atoms with Crippen molar-refractivity contribution in [2.24, 2.45) is 5.92 Å². The van der Waals surface area contributed by atoms with Crippen LogP contribution in [0.5, 0.6) is 0 Å². The molecule has 0 aromatic carbocycles. The SMILES string of the molecule is CCCCCCCCOC(CCCCCN(CCCCO)CCCCCCOC(=O)C(CCCCCC)CCCCCCCC)O[Si](C)(C)O[Si](C)(C)CCCCCCCC. The predicted molar refractivity (Wildman–Crippen MR) is 269 cm³/mol. The fraction of sp³-hybridized carbons (Fsp3) is 0.981. The second kappa shape index (κ2) is 43.6. The Morgan fingerprint density at radius 2 is 0.902 bits per heavy atom. The zero-order valence-corrected chi connectivity index (χ0v) is 44.6. The number of esters is 1. The van der Waals surface area contributed by atoms with Crippen LogP contribution in [0.25, 0.3) is 0 Å². The molecule has 0 fully saturated rings. The number of hydrogen-bond acceptors (Lipinski definition) is 7. The molecular weight excluding hydrogens is 791 g/mol. The van der Waals surface area contributed by atoms with Crippen LogP contribution in [0.2, 0.25) is 32.2 Å². The summed E-state index contributed by atoms with van der Waals surface area (Å²) < 4.78 is 26.1. The van der Waals surface area contributed by atoms with Crippen LogP contribution in [-0.4, -0.2) is 78.6 Å². The van der Waals surface area contributed by atoms with E-state index in [-0.39, 0.29) is 24.8 Å². The molecule has 0 aromatic heterocycles. The number of ether oxygens (including phenoxy) is 2. The summed E-state index contributed by atoms with van der Waals surface area (Å²) in [4.78, 5) is 15.7. The molecule has 0 aliphatic carbocycles. The topological polar surface area (TPSA) is 77.5 Å². The number of rotatable bonds is 49. The second-order valence-corrected chi connectivity index (χ2v) is 27.6. The molecular formula is C52H109NO6Si2. The molecule has 2 atom stereocenters. The van der Waals surface area contributed by atoms with Gasteiger partial charge in [-0.2, -0.15) is 0 Å². The van der Waals surface area contributed by atoms with Crippen molar-refractivity contribution in [1.82, 2.24) is 4.90 Å². The first kappa shape index (κ1) is 60.7. The number of hydrogen-bond donors (Lipinski definition) is 1. The molecule has 0 aliphatic heterocycles. The summed E-state index contributed by atoms with van der Waals surface area (Å²) in [6.07, 6.45) is 40.6. The lowest BCUT2D eigenvalue weighted by atomic mass is 9.94. The molecule has 0 aliphatic rings. The smallest absolute Gasteiger partial charge is 0.323 e. The monoisotopic (exact) mass is 900 g/mol. The summed E-state index contributed by atoms with van der Waals surface area (Å²) in [6.45, 7) is 23.2. The van der Waals surface area contributed by atoms with Gasteiger partial charge in [0.15, 0.2) is 8.32 Å². The minimum absolute atomic E-state index is 0.0610. The van der Waals surface area contributed by atoms with Crippen LogP contribution in [0, 0.1) is 5.92 Å². The fourth-order valence-corrected chi connectivity index (χ4v) is 16.6. The molecule has 2 unspecified atom stereocenters. The lowest BCUT2D eigenvalue weighted by Gasteiger charge is -2.36. The second-order valence-electron chi connectivity index (χ2n) is 19.8. The van der Waals surface area contributed by atoms with Crippen LogP contribution in [0.4, 0.5) is 0 Å². The molecule has 0 heterocycles. The summed E-state index contributed by atoms with van der Waals surface area (Å²) in [5.74, 6) is 0.151. The van der Waals surface area contributed by atoms with Crippen molar-refractivity contribution in [3.8, 4) is 0 Å². The third kappa shape index (κ3) is 40.9. The van der Waals surface area contributed by atoms with Crippen molar-refractivity contribution in [1.29, 1.82) is 0 Å². The average molecular weight is 901 g/mol. The Morgan fingerprint density at radius 3 is 1.44 bits per heavy atom. The molecule has 366 valence electrons. The lowest BCUT2D eigenvalue weighted by molar-refractivity contribution is -0.149. The van der Waals surface area contributed by atoms with Gasteiger partial charge in [-0.1, -0.05) is 182 Å².